The molecule has 1 aromatic carbocycles. The number of carbonyl (C=O) groups is 1. The Hall–Kier alpha value is -2.02. The summed E-state index contributed by atoms with van der Waals surface area (Å²) in [5.74, 6) is 5.57. The Morgan fingerprint density at radius 2 is 2.29 bits per heavy atom. The number of nitrogens with zero attached hydrogens (tertiary/aromatic N) is 3. The van der Waals surface area contributed by atoms with Crippen LogP contribution >= 0.6 is 11.8 Å². The fraction of sp³-hybridized carbons (Fsp3) is 0.357. The molecule has 21 heavy (non-hydrogen) atoms. The van der Waals surface area contributed by atoms with Crippen LogP contribution in [0.3, 0.4) is 0 Å². The molecule has 0 spiro atoms. The first-order valence-electron chi connectivity index (χ1n) is 6.74. The lowest BCUT2D eigenvalue weighted by atomic mass is 10.1. The molecule has 2 rings (SSSR count). The molecule has 7 heteroatoms. The third kappa shape index (κ3) is 3.55. The van der Waals surface area contributed by atoms with Crippen molar-refractivity contribution in [3.8, 4) is 0 Å². The van der Waals surface area contributed by atoms with Crippen molar-refractivity contribution in [1.29, 1.82) is 0 Å². The minimum absolute atomic E-state index is 0.0769. The zero-order valence-electron chi connectivity index (χ0n) is 12.3. The van der Waals surface area contributed by atoms with Crippen LogP contribution in [-0.4, -0.2) is 26.0 Å². The maximum Gasteiger partial charge on any atom is 0.237 e. The van der Waals surface area contributed by atoms with E-state index in [2.05, 4.69) is 22.4 Å². The number of nitrogen functional groups attached to an aromatic ring is 1. The summed E-state index contributed by atoms with van der Waals surface area (Å²) in [5, 5.41) is 10.8. The van der Waals surface area contributed by atoms with Crippen molar-refractivity contribution in [2.75, 3.05) is 11.2 Å². The fourth-order valence-electron chi connectivity index (χ4n) is 1.95. The van der Waals surface area contributed by atoms with Crippen LogP contribution in [0.1, 0.15) is 25.0 Å². The maximum atomic E-state index is 12.3. The highest BCUT2D eigenvalue weighted by Crippen LogP contribution is 2.24. The molecule has 1 amide bonds. The van der Waals surface area contributed by atoms with E-state index in [-0.39, 0.29) is 11.2 Å². The monoisotopic (exact) mass is 305 g/mol. The van der Waals surface area contributed by atoms with Gasteiger partial charge < -0.3 is 11.2 Å². The number of benzene rings is 1. The van der Waals surface area contributed by atoms with E-state index in [1.54, 1.807) is 0 Å². The molecule has 0 aliphatic rings. The topological polar surface area (TPSA) is 85.8 Å². The number of amides is 1. The Kier molecular flexibility index (Phi) is 4.85. The highest BCUT2D eigenvalue weighted by molar-refractivity contribution is 8.00. The molecule has 0 saturated carbocycles. The molecule has 1 heterocycles. The molecule has 0 saturated heterocycles. The number of aryl methyl sites for hydroxylation is 2. The first-order valence-corrected chi connectivity index (χ1v) is 7.62. The molecule has 1 atom stereocenters. The van der Waals surface area contributed by atoms with Crippen LogP contribution < -0.4 is 11.2 Å². The lowest BCUT2D eigenvalue weighted by Gasteiger charge is -2.15. The summed E-state index contributed by atoms with van der Waals surface area (Å²) in [6.07, 6.45) is 2.28. The number of nitrogens with two attached hydrogens (primary N) is 1. The second-order valence-corrected chi connectivity index (χ2v) is 6.04. The summed E-state index contributed by atoms with van der Waals surface area (Å²) in [6, 6.07) is 6.01. The Labute approximate surface area is 128 Å². The summed E-state index contributed by atoms with van der Waals surface area (Å²) >= 11 is 1.28. The fourth-order valence-corrected chi connectivity index (χ4v) is 2.70. The first kappa shape index (κ1) is 15.4. The minimum Gasteiger partial charge on any atom is -0.336 e. The van der Waals surface area contributed by atoms with Crippen molar-refractivity contribution < 1.29 is 4.79 Å². The normalized spacial score (nSPS) is 12.1. The highest BCUT2D eigenvalue weighted by Gasteiger charge is 2.19. The SMILES string of the molecule is CCc1cccc(C)c1NC(=O)C(C)Sc1nncn1N. The number of rotatable bonds is 5. The minimum atomic E-state index is -0.319. The maximum absolute atomic E-state index is 12.3. The average molecular weight is 305 g/mol. The molecular formula is C14H19N5OS. The number of carbonyl (C=O) groups excluding carboxylic acids is 1. The van der Waals surface area contributed by atoms with E-state index >= 15 is 0 Å². The number of nitrogens with one attached hydrogen (secondary N) is 1. The van der Waals surface area contributed by atoms with Gasteiger partial charge >= 0.3 is 0 Å². The third-order valence-corrected chi connectivity index (χ3v) is 4.25. The Bertz CT molecular complexity index is 640. The van der Waals surface area contributed by atoms with E-state index < -0.39 is 0 Å². The zero-order valence-corrected chi connectivity index (χ0v) is 13.1. The average Bonchev–Trinajstić information content (AvgIpc) is 2.86. The van der Waals surface area contributed by atoms with Gasteiger partial charge in [-0.15, -0.1) is 10.2 Å². The van der Waals surface area contributed by atoms with Gasteiger partial charge in [0.05, 0.1) is 5.25 Å². The predicted molar refractivity (Wildman–Crippen MR) is 84.7 cm³/mol. The molecule has 1 aromatic heterocycles. The molecule has 0 aliphatic heterocycles. The zero-order chi connectivity index (χ0) is 15.4. The van der Waals surface area contributed by atoms with Gasteiger partial charge in [0.1, 0.15) is 6.33 Å². The number of hydrogen-bond acceptors (Lipinski definition) is 5. The standard InChI is InChI=1S/C14H19N5OS/c1-4-11-7-5-6-9(2)12(11)17-13(20)10(3)21-14-18-16-8-19(14)15/h5-8,10H,4,15H2,1-3H3,(H,17,20). The Balaban J connectivity index is 2.09. The smallest absolute Gasteiger partial charge is 0.237 e. The lowest BCUT2D eigenvalue weighted by molar-refractivity contribution is -0.115. The molecule has 0 radical (unpaired) electrons. The van der Waals surface area contributed by atoms with Crippen LogP contribution in [0.2, 0.25) is 0 Å². The van der Waals surface area contributed by atoms with Crippen LogP contribution in [-0.2, 0) is 11.2 Å². The predicted octanol–water partition coefficient (Wildman–Crippen LogP) is 1.98. The Morgan fingerprint density at radius 1 is 1.52 bits per heavy atom. The number of anilines is 1. The molecule has 3 N–H and O–H groups in total. The number of para-hydroxylation sites is 1. The molecule has 6 nitrogen and oxygen atoms in total. The number of hydrogen-bond donors (Lipinski definition) is 2. The van der Waals surface area contributed by atoms with E-state index in [0.717, 1.165) is 23.2 Å². The van der Waals surface area contributed by atoms with E-state index in [4.69, 9.17) is 5.84 Å². The van der Waals surface area contributed by atoms with Gasteiger partial charge in [0.25, 0.3) is 0 Å². The second kappa shape index (κ2) is 6.62. The van der Waals surface area contributed by atoms with Gasteiger partial charge in [-0.25, -0.2) is 4.68 Å². The molecule has 2 aromatic rings. The summed E-state index contributed by atoms with van der Waals surface area (Å²) in [7, 11) is 0. The molecule has 0 fully saturated rings. The van der Waals surface area contributed by atoms with Crippen LogP contribution in [0.15, 0.2) is 29.7 Å². The third-order valence-electron chi connectivity index (χ3n) is 3.18. The molecule has 0 aliphatic carbocycles. The summed E-state index contributed by atoms with van der Waals surface area (Å²) in [6.45, 7) is 5.88. The van der Waals surface area contributed by atoms with Crippen molar-refractivity contribution >= 4 is 23.4 Å². The van der Waals surface area contributed by atoms with Crippen molar-refractivity contribution in [1.82, 2.24) is 14.9 Å². The van der Waals surface area contributed by atoms with Gasteiger partial charge in [0.15, 0.2) is 0 Å². The van der Waals surface area contributed by atoms with E-state index in [1.807, 2.05) is 32.0 Å². The van der Waals surface area contributed by atoms with E-state index in [0.29, 0.717) is 5.16 Å². The van der Waals surface area contributed by atoms with Crippen LogP contribution in [0.25, 0.3) is 0 Å². The van der Waals surface area contributed by atoms with E-state index in [1.165, 1.54) is 22.8 Å². The van der Waals surface area contributed by atoms with Gasteiger partial charge in [0.2, 0.25) is 11.1 Å². The molecule has 112 valence electrons. The van der Waals surface area contributed by atoms with Crippen LogP contribution in [0, 0.1) is 6.92 Å². The largest absolute Gasteiger partial charge is 0.336 e. The van der Waals surface area contributed by atoms with Crippen molar-refractivity contribution in [3.05, 3.63) is 35.7 Å². The second-order valence-electron chi connectivity index (χ2n) is 4.73. The number of aromatic nitrogens is 3. The first-order chi connectivity index (χ1) is 10.0. The lowest BCUT2D eigenvalue weighted by Crippen LogP contribution is -2.24. The summed E-state index contributed by atoms with van der Waals surface area (Å²) in [5.41, 5.74) is 3.08. The van der Waals surface area contributed by atoms with Gasteiger partial charge in [-0.1, -0.05) is 36.9 Å². The molecular weight excluding hydrogens is 286 g/mol. The number of thioether (sulfide) groups is 1. The van der Waals surface area contributed by atoms with Crippen molar-refractivity contribution in [2.45, 2.75) is 37.6 Å². The van der Waals surface area contributed by atoms with Crippen LogP contribution in [0.4, 0.5) is 5.69 Å². The van der Waals surface area contributed by atoms with Crippen molar-refractivity contribution in [2.24, 2.45) is 0 Å². The quantitative estimate of drug-likeness (QED) is 0.651. The molecule has 1 unspecified atom stereocenters. The summed E-state index contributed by atoms with van der Waals surface area (Å²) < 4.78 is 1.31. The van der Waals surface area contributed by atoms with Crippen molar-refractivity contribution in [3.63, 3.8) is 0 Å². The molecule has 0 bridgehead atoms. The van der Waals surface area contributed by atoms with Gasteiger partial charge in [-0.05, 0) is 31.4 Å². The Morgan fingerprint density at radius 3 is 2.90 bits per heavy atom. The highest BCUT2D eigenvalue weighted by atomic mass is 32.2. The summed E-state index contributed by atoms with van der Waals surface area (Å²) in [4.78, 5) is 12.3. The van der Waals surface area contributed by atoms with Crippen LogP contribution in [0.5, 0.6) is 0 Å². The van der Waals surface area contributed by atoms with Gasteiger partial charge in [0, 0.05) is 5.69 Å². The van der Waals surface area contributed by atoms with Gasteiger partial charge in [-0.3, -0.25) is 4.79 Å². The van der Waals surface area contributed by atoms with E-state index in [9.17, 15) is 4.79 Å². The van der Waals surface area contributed by atoms with Gasteiger partial charge in [-0.2, -0.15) is 0 Å².